The highest BCUT2D eigenvalue weighted by molar-refractivity contribution is 5.43. The molecule has 0 heterocycles. The fourth-order valence-corrected chi connectivity index (χ4v) is 1.78. The molecule has 0 bridgehead atoms. The average Bonchev–Trinajstić information content (AvgIpc) is 2.46. The zero-order chi connectivity index (χ0) is 14.4. The van der Waals surface area contributed by atoms with Crippen molar-refractivity contribution in [2.45, 2.75) is 13.5 Å². The Hall–Kier alpha value is -2.31. The van der Waals surface area contributed by atoms with Gasteiger partial charge in [-0.3, -0.25) is 0 Å². The maximum atomic E-state index is 12.8. The zero-order valence-electron chi connectivity index (χ0n) is 11.3. The molecule has 0 saturated heterocycles. The van der Waals surface area contributed by atoms with E-state index in [-0.39, 0.29) is 5.82 Å². The van der Waals surface area contributed by atoms with E-state index in [2.05, 4.69) is 11.8 Å². The van der Waals surface area contributed by atoms with Crippen LogP contribution in [0.3, 0.4) is 0 Å². The lowest BCUT2D eigenvalue weighted by atomic mass is 10.1. The number of rotatable bonds is 3. The summed E-state index contributed by atoms with van der Waals surface area (Å²) < 4.78 is 18.5. The van der Waals surface area contributed by atoms with Gasteiger partial charge in [0, 0.05) is 5.56 Å². The second-order valence-electron chi connectivity index (χ2n) is 4.40. The smallest absolute Gasteiger partial charge is 0.123 e. The quantitative estimate of drug-likeness (QED) is 0.869. The average molecular weight is 269 g/mol. The van der Waals surface area contributed by atoms with Crippen LogP contribution in [-0.2, 0) is 6.61 Å². The molecule has 2 N–H and O–H groups in total. The number of ether oxygens (including phenoxy) is 1. The summed E-state index contributed by atoms with van der Waals surface area (Å²) in [6.07, 6.45) is 0. The Bertz CT molecular complexity index is 638. The van der Waals surface area contributed by atoms with Crippen LogP contribution in [0.1, 0.15) is 16.7 Å². The third-order valence-electron chi connectivity index (χ3n) is 2.82. The van der Waals surface area contributed by atoms with Gasteiger partial charge >= 0.3 is 0 Å². The van der Waals surface area contributed by atoms with Crippen LogP contribution in [0.2, 0.25) is 0 Å². The van der Waals surface area contributed by atoms with Crippen molar-refractivity contribution >= 4 is 0 Å². The zero-order valence-corrected chi connectivity index (χ0v) is 11.3. The lowest BCUT2D eigenvalue weighted by molar-refractivity contribution is 0.304. The van der Waals surface area contributed by atoms with Gasteiger partial charge in [-0.15, -0.1) is 0 Å². The Morgan fingerprint density at radius 1 is 1.15 bits per heavy atom. The summed E-state index contributed by atoms with van der Waals surface area (Å²) in [5.41, 5.74) is 8.20. The van der Waals surface area contributed by atoms with Crippen molar-refractivity contribution in [1.82, 2.24) is 0 Å². The van der Waals surface area contributed by atoms with Crippen molar-refractivity contribution in [1.29, 1.82) is 0 Å². The number of aryl methyl sites for hydroxylation is 1. The highest BCUT2D eigenvalue weighted by Crippen LogP contribution is 2.20. The van der Waals surface area contributed by atoms with Crippen LogP contribution in [0.4, 0.5) is 4.39 Å². The van der Waals surface area contributed by atoms with Crippen LogP contribution >= 0.6 is 0 Å². The highest BCUT2D eigenvalue weighted by atomic mass is 19.1. The van der Waals surface area contributed by atoms with E-state index in [0.717, 1.165) is 22.4 Å². The number of hydrogen-bond acceptors (Lipinski definition) is 2. The van der Waals surface area contributed by atoms with Crippen LogP contribution < -0.4 is 10.5 Å². The first-order chi connectivity index (χ1) is 9.69. The summed E-state index contributed by atoms with van der Waals surface area (Å²) in [5, 5.41) is 0. The molecule has 2 rings (SSSR count). The maximum absolute atomic E-state index is 12.8. The van der Waals surface area contributed by atoms with Gasteiger partial charge in [0.2, 0.25) is 0 Å². The minimum atomic E-state index is -0.243. The molecule has 2 nitrogen and oxygen atoms in total. The fraction of sp³-hybridized carbons (Fsp3) is 0.176. The standard InChI is InChI=1S/C17H16FNO/c1-13-11-14(3-2-10-19)6-9-17(13)20-12-15-4-7-16(18)8-5-15/h4-9,11H,10,12,19H2,1H3. The topological polar surface area (TPSA) is 35.2 Å². The van der Waals surface area contributed by atoms with E-state index in [0.29, 0.717) is 13.2 Å². The first kappa shape index (κ1) is 14.1. The molecule has 0 atom stereocenters. The summed E-state index contributed by atoms with van der Waals surface area (Å²) in [7, 11) is 0. The van der Waals surface area contributed by atoms with Gasteiger partial charge in [0.1, 0.15) is 18.2 Å². The minimum Gasteiger partial charge on any atom is -0.489 e. The molecule has 0 fully saturated rings. The molecule has 102 valence electrons. The van der Waals surface area contributed by atoms with E-state index >= 15 is 0 Å². The molecule has 0 unspecified atom stereocenters. The maximum Gasteiger partial charge on any atom is 0.123 e. The molecule has 0 aliphatic rings. The molecule has 20 heavy (non-hydrogen) atoms. The van der Waals surface area contributed by atoms with Gasteiger partial charge in [0.25, 0.3) is 0 Å². The normalized spacial score (nSPS) is 9.75. The van der Waals surface area contributed by atoms with Crippen molar-refractivity contribution in [2.24, 2.45) is 5.73 Å². The third kappa shape index (κ3) is 3.84. The molecule has 0 radical (unpaired) electrons. The summed E-state index contributed by atoms with van der Waals surface area (Å²) in [6.45, 7) is 2.73. The van der Waals surface area contributed by atoms with Crippen molar-refractivity contribution < 1.29 is 9.13 Å². The SMILES string of the molecule is Cc1cc(C#CCN)ccc1OCc1ccc(F)cc1. The van der Waals surface area contributed by atoms with Crippen LogP contribution in [0.25, 0.3) is 0 Å². The van der Waals surface area contributed by atoms with E-state index in [1.807, 2.05) is 25.1 Å². The minimum absolute atomic E-state index is 0.243. The molecule has 0 aliphatic heterocycles. The van der Waals surface area contributed by atoms with Crippen molar-refractivity contribution in [3.63, 3.8) is 0 Å². The Balaban J connectivity index is 2.04. The number of halogens is 1. The molecule has 2 aromatic rings. The molecule has 0 aromatic heterocycles. The molecule has 0 aliphatic carbocycles. The molecular formula is C17H16FNO. The number of nitrogens with two attached hydrogens (primary N) is 1. The van der Waals surface area contributed by atoms with Gasteiger partial charge in [-0.25, -0.2) is 4.39 Å². The summed E-state index contributed by atoms with van der Waals surface area (Å²) in [4.78, 5) is 0. The van der Waals surface area contributed by atoms with E-state index in [1.54, 1.807) is 12.1 Å². The lowest BCUT2D eigenvalue weighted by Crippen LogP contribution is -1.97. The van der Waals surface area contributed by atoms with Crippen LogP contribution in [0.15, 0.2) is 42.5 Å². The molecule has 0 amide bonds. The fourth-order valence-electron chi connectivity index (χ4n) is 1.78. The summed E-state index contributed by atoms with van der Waals surface area (Å²) in [6, 6.07) is 12.0. The second-order valence-corrected chi connectivity index (χ2v) is 4.40. The van der Waals surface area contributed by atoms with Gasteiger partial charge in [0.05, 0.1) is 6.54 Å². The van der Waals surface area contributed by atoms with Crippen molar-refractivity contribution in [2.75, 3.05) is 6.54 Å². The first-order valence-corrected chi connectivity index (χ1v) is 6.36. The van der Waals surface area contributed by atoms with Gasteiger partial charge in [-0.2, -0.15) is 0 Å². The Labute approximate surface area is 118 Å². The molecule has 0 spiro atoms. The Morgan fingerprint density at radius 3 is 2.55 bits per heavy atom. The highest BCUT2D eigenvalue weighted by Gasteiger charge is 2.01. The molecular weight excluding hydrogens is 253 g/mol. The Morgan fingerprint density at radius 2 is 1.90 bits per heavy atom. The van der Waals surface area contributed by atoms with E-state index in [9.17, 15) is 4.39 Å². The largest absolute Gasteiger partial charge is 0.489 e. The van der Waals surface area contributed by atoms with E-state index < -0.39 is 0 Å². The van der Waals surface area contributed by atoms with Crippen molar-refractivity contribution in [3.8, 4) is 17.6 Å². The number of benzene rings is 2. The van der Waals surface area contributed by atoms with Gasteiger partial charge in [0.15, 0.2) is 0 Å². The Kier molecular flexibility index (Phi) is 4.75. The predicted octanol–water partition coefficient (Wildman–Crippen LogP) is 3.02. The third-order valence-corrected chi connectivity index (χ3v) is 2.82. The molecule has 3 heteroatoms. The molecule has 2 aromatic carbocycles. The van der Waals surface area contributed by atoms with Crippen molar-refractivity contribution in [3.05, 3.63) is 65.0 Å². The van der Waals surface area contributed by atoms with Gasteiger partial charge in [-0.1, -0.05) is 24.0 Å². The lowest BCUT2D eigenvalue weighted by Gasteiger charge is -2.09. The van der Waals surface area contributed by atoms with Crippen LogP contribution in [-0.4, -0.2) is 6.54 Å². The van der Waals surface area contributed by atoms with Crippen LogP contribution in [0, 0.1) is 24.6 Å². The van der Waals surface area contributed by atoms with Gasteiger partial charge in [-0.05, 0) is 48.4 Å². The monoisotopic (exact) mass is 269 g/mol. The van der Waals surface area contributed by atoms with Gasteiger partial charge < -0.3 is 10.5 Å². The van der Waals surface area contributed by atoms with Crippen LogP contribution in [0.5, 0.6) is 5.75 Å². The summed E-state index contributed by atoms with van der Waals surface area (Å²) in [5.74, 6) is 6.35. The molecule has 0 saturated carbocycles. The summed E-state index contributed by atoms with van der Waals surface area (Å²) >= 11 is 0. The van der Waals surface area contributed by atoms with E-state index in [1.165, 1.54) is 12.1 Å². The number of hydrogen-bond donors (Lipinski definition) is 1. The van der Waals surface area contributed by atoms with E-state index in [4.69, 9.17) is 10.5 Å². The predicted molar refractivity (Wildman–Crippen MR) is 77.8 cm³/mol. The first-order valence-electron chi connectivity index (χ1n) is 6.36. The second kappa shape index (κ2) is 6.74.